The molecule has 3 atom stereocenters. The summed E-state index contributed by atoms with van der Waals surface area (Å²) in [6.07, 6.45) is 4.64. The maximum atomic E-state index is 12.6. The molecule has 0 unspecified atom stereocenters. The largest absolute Gasteiger partial charge is 0.336 e. The molecule has 0 aromatic heterocycles. The summed E-state index contributed by atoms with van der Waals surface area (Å²) in [5, 5.41) is 3.41. The lowest BCUT2D eigenvalue weighted by molar-refractivity contribution is -0.139. The van der Waals surface area contributed by atoms with E-state index in [1.54, 1.807) is 0 Å². The molecule has 0 saturated carbocycles. The van der Waals surface area contributed by atoms with Crippen molar-refractivity contribution >= 4 is 5.91 Å². The van der Waals surface area contributed by atoms with E-state index in [1.807, 2.05) is 6.92 Å². The fraction of sp³-hybridized carbons (Fsp3) is 0.941. The molecular weight excluding hydrogens is 262 g/mol. The van der Waals surface area contributed by atoms with Gasteiger partial charge in [0.1, 0.15) is 0 Å². The minimum absolute atomic E-state index is 0.0651. The van der Waals surface area contributed by atoms with Crippen LogP contribution in [0.4, 0.5) is 0 Å². The van der Waals surface area contributed by atoms with Crippen LogP contribution in [0.5, 0.6) is 0 Å². The van der Waals surface area contributed by atoms with Crippen molar-refractivity contribution in [3.8, 4) is 0 Å². The van der Waals surface area contributed by atoms with Crippen molar-refractivity contribution < 1.29 is 4.79 Å². The molecule has 1 heterocycles. The van der Waals surface area contributed by atoms with Crippen LogP contribution in [0.25, 0.3) is 0 Å². The van der Waals surface area contributed by atoms with Gasteiger partial charge >= 0.3 is 0 Å². The Labute approximate surface area is 131 Å². The summed E-state index contributed by atoms with van der Waals surface area (Å²) in [6, 6.07) is 0.715. The van der Waals surface area contributed by atoms with E-state index in [-0.39, 0.29) is 11.9 Å². The molecule has 124 valence electrons. The van der Waals surface area contributed by atoms with Gasteiger partial charge in [0.2, 0.25) is 5.91 Å². The average Bonchev–Trinajstić information content (AvgIpc) is 2.46. The van der Waals surface area contributed by atoms with E-state index in [0.29, 0.717) is 12.1 Å². The summed E-state index contributed by atoms with van der Waals surface area (Å²) in [4.78, 5) is 17.1. The fourth-order valence-corrected chi connectivity index (χ4v) is 3.33. The van der Waals surface area contributed by atoms with Crippen LogP contribution in [-0.4, -0.2) is 60.0 Å². The molecule has 1 rings (SSSR count). The molecule has 0 aromatic rings. The van der Waals surface area contributed by atoms with E-state index in [0.717, 1.165) is 45.4 Å². The quantitative estimate of drug-likeness (QED) is 0.699. The van der Waals surface area contributed by atoms with Crippen LogP contribution in [0.3, 0.4) is 0 Å². The van der Waals surface area contributed by atoms with Crippen molar-refractivity contribution in [3.63, 3.8) is 0 Å². The van der Waals surface area contributed by atoms with Gasteiger partial charge in [0.05, 0.1) is 6.04 Å². The summed E-state index contributed by atoms with van der Waals surface area (Å²) in [6.45, 7) is 15.0. The Morgan fingerprint density at radius 1 is 1.24 bits per heavy atom. The van der Waals surface area contributed by atoms with Gasteiger partial charge in [0.15, 0.2) is 0 Å². The zero-order chi connectivity index (χ0) is 15.8. The van der Waals surface area contributed by atoms with Gasteiger partial charge in [0, 0.05) is 12.1 Å². The highest BCUT2D eigenvalue weighted by Gasteiger charge is 2.31. The predicted molar refractivity (Wildman–Crippen MR) is 89.5 cm³/mol. The number of likely N-dealkylation sites (tertiary alicyclic amines) is 1. The van der Waals surface area contributed by atoms with Gasteiger partial charge in [-0.3, -0.25) is 4.79 Å². The molecule has 21 heavy (non-hydrogen) atoms. The van der Waals surface area contributed by atoms with Crippen LogP contribution in [0.2, 0.25) is 0 Å². The lowest BCUT2D eigenvalue weighted by Gasteiger charge is -2.40. The van der Waals surface area contributed by atoms with E-state index in [9.17, 15) is 4.79 Å². The van der Waals surface area contributed by atoms with Crippen molar-refractivity contribution in [1.82, 2.24) is 15.1 Å². The Kier molecular flexibility index (Phi) is 8.27. The zero-order valence-electron chi connectivity index (χ0n) is 14.7. The topological polar surface area (TPSA) is 35.6 Å². The normalized spacial score (nSPS) is 24.4. The van der Waals surface area contributed by atoms with Crippen LogP contribution in [-0.2, 0) is 4.79 Å². The van der Waals surface area contributed by atoms with Crippen LogP contribution in [0.15, 0.2) is 0 Å². The molecular formula is C17H35N3O. The molecule has 1 saturated heterocycles. The Hall–Kier alpha value is -0.610. The summed E-state index contributed by atoms with van der Waals surface area (Å²) >= 11 is 0. The first-order valence-electron chi connectivity index (χ1n) is 8.79. The Morgan fingerprint density at radius 3 is 2.33 bits per heavy atom. The number of carbonyl (C=O) groups excluding carboxylic acids is 1. The molecule has 0 aromatic carbocycles. The maximum Gasteiger partial charge on any atom is 0.239 e. The predicted octanol–water partition coefficient (Wildman–Crippen LogP) is 2.49. The number of amides is 1. The number of rotatable bonds is 8. The Morgan fingerprint density at radius 2 is 1.81 bits per heavy atom. The van der Waals surface area contributed by atoms with Gasteiger partial charge < -0.3 is 15.1 Å². The molecule has 1 aliphatic heterocycles. The zero-order valence-corrected chi connectivity index (χ0v) is 14.7. The van der Waals surface area contributed by atoms with E-state index in [4.69, 9.17) is 0 Å². The van der Waals surface area contributed by atoms with Gasteiger partial charge in [-0.1, -0.05) is 13.8 Å². The number of nitrogens with one attached hydrogen (secondary N) is 1. The molecule has 0 aliphatic carbocycles. The lowest BCUT2D eigenvalue weighted by Crippen LogP contribution is -2.54. The number of carbonyl (C=O) groups is 1. The third-order valence-corrected chi connectivity index (χ3v) is 4.81. The Balaban J connectivity index is 2.33. The number of piperidine rings is 1. The summed E-state index contributed by atoms with van der Waals surface area (Å²) in [5.74, 6) is 0.275. The monoisotopic (exact) mass is 297 g/mol. The highest BCUT2D eigenvalue weighted by atomic mass is 16.2. The first kappa shape index (κ1) is 18.4. The molecule has 4 heteroatoms. The molecule has 1 amide bonds. The Bertz CT molecular complexity index is 294. The number of hydrogen-bond donors (Lipinski definition) is 1. The van der Waals surface area contributed by atoms with Gasteiger partial charge in [-0.2, -0.15) is 0 Å². The highest BCUT2D eigenvalue weighted by molar-refractivity contribution is 5.82. The van der Waals surface area contributed by atoms with Crippen LogP contribution >= 0.6 is 0 Å². The van der Waals surface area contributed by atoms with Crippen molar-refractivity contribution in [2.75, 3.05) is 26.2 Å². The van der Waals surface area contributed by atoms with Gasteiger partial charge in [-0.05, 0) is 72.6 Å². The van der Waals surface area contributed by atoms with E-state index < -0.39 is 0 Å². The number of hydrogen-bond acceptors (Lipinski definition) is 3. The second kappa shape index (κ2) is 9.42. The highest BCUT2D eigenvalue weighted by Crippen LogP contribution is 2.23. The third-order valence-electron chi connectivity index (χ3n) is 4.81. The van der Waals surface area contributed by atoms with Crippen molar-refractivity contribution in [2.45, 2.75) is 78.4 Å². The number of nitrogens with zero attached hydrogens (tertiary/aromatic N) is 2. The van der Waals surface area contributed by atoms with Crippen molar-refractivity contribution in [1.29, 1.82) is 0 Å². The average molecular weight is 297 g/mol. The van der Waals surface area contributed by atoms with Crippen molar-refractivity contribution in [3.05, 3.63) is 0 Å². The first-order valence-corrected chi connectivity index (χ1v) is 8.79. The minimum atomic E-state index is -0.0651. The van der Waals surface area contributed by atoms with E-state index in [1.165, 1.54) is 6.42 Å². The van der Waals surface area contributed by atoms with Crippen LogP contribution in [0, 0.1) is 0 Å². The smallest absolute Gasteiger partial charge is 0.239 e. The molecule has 4 nitrogen and oxygen atoms in total. The minimum Gasteiger partial charge on any atom is -0.336 e. The molecule has 1 fully saturated rings. The molecule has 1 N–H and O–H groups in total. The first-order chi connectivity index (χ1) is 10.0. The van der Waals surface area contributed by atoms with Crippen molar-refractivity contribution in [2.24, 2.45) is 0 Å². The van der Waals surface area contributed by atoms with Crippen LogP contribution in [0.1, 0.15) is 60.3 Å². The van der Waals surface area contributed by atoms with Gasteiger partial charge in [0.25, 0.3) is 0 Å². The lowest BCUT2D eigenvalue weighted by atomic mass is 9.96. The summed E-state index contributed by atoms with van der Waals surface area (Å²) in [7, 11) is 0. The standard InChI is InChI=1S/C17H35N3O/c1-6-19(7-2)13-9-12-18-16(5)17(21)20-14(3)10-8-11-15(20)4/h14-16,18H,6-13H2,1-5H3/t14-,15-,16-/m0/s1. The molecule has 1 aliphatic rings. The van der Waals surface area contributed by atoms with Gasteiger partial charge in [-0.25, -0.2) is 0 Å². The summed E-state index contributed by atoms with van der Waals surface area (Å²) < 4.78 is 0. The molecule has 0 bridgehead atoms. The molecule has 0 spiro atoms. The molecule has 0 radical (unpaired) electrons. The van der Waals surface area contributed by atoms with Gasteiger partial charge in [-0.15, -0.1) is 0 Å². The third kappa shape index (κ3) is 5.59. The van der Waals surface area contributed by atoms with E-state index >= 15 is 0 Å². The fourth-order valence-electron chi connectivity index (χ4n) is 3.33. The summed E-state index contributed by atoms with van der Waals surface area (Å²) in [5.41, 5.74) is 0. The van der Waals surface area contributed by atoms with Crippen LogP contribution < -0.4 is 5.32 Å². The second-order valence-electron chi connectivity index (χ2n) is 6.43. The second-order valence-corrected chi connectivity index (χ2v) is 6.43. The SMILES string of the molecule is CCN(CC)CCCN[C@@H](C)C(=O)N1[C@@H](C)CCC[C@@H]1C. The van der Waals surface area contributed by atoms with E-state index in [2.05, 4.69) is 42.8 Å². The maximum absolute atomic E-state index is 12.6.